The van der Waals surface area contributed by atoms with Crippen molar-refractivity contribution >= 4 is 17.0 Å². The van der Waals surface area contributed by atoms with E-state index in [1.54, 1.807) is 0 Å². The summed E-state index contributed by atoms with van der Waals surface area (Å²) in [5.41, 5.74) is 6.56. The Morgan fingerprint density at radius 1 is 0.679 bits per heavy atom. The summed E-state index contributed by atoms with van der Waals surface area (Å²) in [5, 5.41) is 0. The highest BCUT2D eigenvalue weighted by Crippen LogP contribution is 2.53. The zero-order chi connectivity index (χ0) is 18.5. The maximum Gasteiger partial charge on any atom is 0.122 e. The van der Waals surface area contributed by atoms with Gasteiger partial charge in [0.25, 0.3) is 0 Å². The maximum atomic E-state index is 2.50. The van der Waals surface area contributed by atoms with Crippen LogP contribution in [-0.4, -0.2) is 10.4 Å². The van der Waals surface area contributed by atoms with Gasteiger partial charge in [0.2, 0.25) is 0 Å². The molecule has 0 fully saturated rings. The Balaban J connectivity index is 1.72. The van der Waals surface area contributed by atoms with Crippen LogP contribution in [-0.2, 0) is 0 Å². The first-order chi connectivity index (χ1) is 13.9. The molecule has 2 aliphatic rings. The second-order valence-corrected chi connectivity index (χ2v) is 7.43. The van der Waals surface area contributed by atoms with Gasteiger partial charge in [-0.1, -0.05) is 78.9 Å². The molecule has 1 aliphatic heterocycles. The number of nitrogens with zero attached hydrogens (tertiary/aromatic N) is 2. The molecule has 1 aliphatic carbocycles. The largest absolute Gasteiger partial charge is 0.319 e. The van der Waals surface area contributed by atoms with Gasteiger partial charge in [-0.3, -0.25) is 0 Å². The van der Waals surface area contributed by atoms with E-state index in [-0.39, 0.29) is 0 Å². The van der Waals surface area contributed by atoms with Crippen molar-refractivity contribution in [2.75, 3.05) is 4.90 Å². The van der Waals surface area contributed by atoms with E-state index in [2.05, 4.69) is 119 Å². The highest BCUT2D eigenvalue weighted by molar-refractivity contribution is 5.94. The van der Waals surface area contributed by atoms with Crippen molar-refractivity contribution in [2.24, 2.45) is 0 Å². The highest BCUT2D eigenvalue weighted by atomic mass is 15.3. The van der Waals surface area contributed by atoms with E-state index in [0.29, 0.717) is 12.0 Å². The molecule has 0 N–H and O–H groups in total. The summed E-state index contributed by atoms with van der Waals surface area (Å²) in [4.78, 5) is 2.50. The van der Waals surface area contributed by atoms with Crippen molar-refractivity contribution in [2.45, 2.75) is 12.0 Å². The van der Waals surface area contributed by atoms with Crippen molar-refractivity contribution in [3.63, 3.8) is 0 Å². The quantitative estimate of drug-likeness (QED) is 0.405. The Hall–Kier alpha value is -3.52. The molecule has 134 valence electrons. The van der Waals surface area contributed by atoms with Crippen LogP contribution in [0.3, 0.4) is 0 Å². The lowest BCUT2D eigenvalue weighted by atomic mass is 9.88. The molecule has 2 nitrogen and oxygen atoms in total. The van der Waals surface area contributed by atoms with E-state index < -0.39 is 0 Å². The SMILES string of the molecule is C1=CC2c3c(-c4ccccc4)c4ccccn4c3N(c3ccccc3)C2C=C1. The number of anilines is 2. The number of benzene rings is 2. The van der Waals surface area contributed by atoms with Crippen LogP contribution in [0.5, 0.6) is 0 Å². The third-order valence-electron chi connectivity index (χ3n) is 5.92. The van der Waals surface area contributed by atoms with Gasteiger partial charge in [0.15, 0.2) is 0 Å². The summed E-state index contributed by atoms with van der Waals surface area (Å²) in [6, 6.07) is 28.4. The molecule has 3 heterocycles. The van der Waals surface area contributed by atoms with Crippen LogP contribution in [0.4, 0.5) is 11.5 Å². The van der Waals surface area contributed by atoms with Crippen molar-refractivity contribution < 1.29 is 0 Å². The minimum Gasteiger partial charge on any atom is -0.319 e. The van der Waals surface area contributed by atoms with Gasteiger partial charge in [0, 0.05) is 28.9 Å². The van der Waals surface area contributed by atoms with Crippen LogP contribution in [0, 0.1) is 0 Å². The first-order valence-corrected chi connectivity index (χ1v) is 9.81. The van der Waals surface area contributed by atoms with Crippen LogP contribution in [0.1, 0.15) is 11.5 Å². The lowest BCUT2D eigenvalue weighted by Crippen LogP contribution is -2.29. The summed E-state index contributed by atoms with van der Waals surface area (Å²) >= 11 is 0. The fraction of sp³-hybridized carbons (Fsp3) is 0.0769. The molecule has 2 aromatic heterocycles. The number of aromatic nitrogens is 1. The minimum absolute atomic E-state index is 0.303. The number of hydrogen-bond donors (Lipinski definition) is 0. The molecule has 28 heavy (non-hydrogen) atoms. The Morgan fingerprint density at radius 2 is 1.39 bits per heavy atom. The molecule has 0 radical (unpaired) electrons. The number of allylic oxidation sites excluding steroid dienone is 2. The van der Waals surface area contributed by atoms with Gasteiger partial charge in [-0.25, -0.2) is 0 Å². The van der Waals surface area contributed by atoms with E-state index >= 15 is 0 Å². The number of pyridine rings is 1. The van der Waals surface area contributed by atoms with Gasteiger partial charge in [0.05, 0.1) is 11.6 Å². The molecule has 4 aromatic rings. The van der Waals surface area contributed by atoms with E-state index in [0.717, 1.165) is 0 Å². The molecule has 2 unspecified atom stereocenters. The first kappa shape index (κ1) is 15.5. The Morgan fingerprint density at radius 3 is 2.21 bits per heavy atom. The topological polar surface area (TPSA) is 7.65 Å². The van der Waals surface area contributed by atoms with Crippen LogP contribution in [0.25, 0.3) is 16.6 Å². The summed E-state index contributed by atoms with van der Waals surface area (Å²) in [6.45, 7) is 0. The molecule has 2 aromatic carbocycles. The van der Waals surface area contributed by atoms with Crippen LogP contribution in [0.2, 0.25) is 0 Å². The molecular formula is C26H20N2. The van der Waals surface area contributed by atoms with Crippen LogP contribution in [0.15, 0.2) is 109 Å². The van der Waals surface area contributed by atoms with Crippen molar-refractivity contribution in [3.05, 3.63) is 115 Å². The maximum absolute atomic E-state index is 2.50. The predicted octanol–water partition coefficient (Wildman–Crippen LogP) is 6.34. The molecular weight excluding hydrogens is 340 g/mol. The van der Waals surface area contributed by atoms with E-state index in [4.69, 9.17) is 0 Å². The average Bonchev–Trinajstić information content (AvgIpc) is 3.28. The molecule has 0 bridgehead atoms. The minimum atomic E-state index is 0.303. The molecule has 0 saturated heterocycles. The third kappa shape index (κ3) is 2.09. The fourth-order valence-electron chi connectivity index (χ4n) is 4.81. The van der Waals surface area contributed by atoms with Gasteiger partial charge in [-0.2, -0.15) is 0 Å². The number of hydrogen-bond acceptors (Lipinski definition) is 1. The van der Waals surface area contributed by atoms with Gasteiger partial charge in [0.1, 0.15) is 5.82 Å². The second kappa shape index (κ2) is 6.00. The molecule has 2 atom stereocenters. The van der Waals surface area contributed by atoms with E-state index in [9.17, 15) is 0 Å². The third-order valence-corrected chi connectivity index (χ3v) is 5.92. The van der Waals surface area contributed by atoms with Crippen molar-refractivity contribution in [1.29, 1.82) is 0 Å². The summed E-state index contributed by atoms with van der Waals surface area (Å²) in [7, 11) is 0. The number of para-hydroxylation sites is 1. The van der Waals surface area contributed by atoms with Gasteiger partial charge >= 0.3 is 0 Å². The zero-order valence-electron chi connectivity index (χ0n) is 15.4. The fourth-order valence-corrected chi connectivity index (χ4v) is 4.81. The van der Waals surface area contributed by atoms with Gasteiger partial charge in [-0.15, -0.1) is 0 Å². The van der Waals surface area contributed by atoms with Gasteiger partial charge in [-0.05, 0) is 29.8 Å². The first-order valence-electron chi connectivity index (χ1n) is 9.81. The molecule has 2 heteroatoms. The van der Waals surface area contributed by atoms with Crippen molar-refractivity contribution in [3.8, 4) is 11.1 Å². The molecule has 0 saturated carbocycles. The molecule has 0 amide bonds. The number of rotatable bonds is 2. The lowest BCUT2D eigenvalue weighted by Gasteiger charge is -2.29. The average molecular weight is 360 g/mol. The molecule has 0 spiro atoms. The Kier molecular flexibility index (Phi) is 3.33. The summed E-state index contributed by atoms with van der Waals surface area (Å²) < 4.78 is 2.37. The lowest BCUT2D eigenvalue weighted by molar-refractivity contribution is 0.740. The van der Waals surface area contributed by atoms with Gasteiger partial charge < -0.3 is 9.30 Å². The van der Waals surface area contributed by atoms with E-state index in [1.165, 1.54) is 33.7 Å². The highest BCUT2D eigenvalue weighted by Gasteiger charge is 2.42. The Bertz CT molecular complexity index is 1220. The summed E-state index contributed by atoms with van der Waals surface area (Å²) in [5.74, 6) is 1.63. The smallest absolute Gasteiger partial charge is 0.122 e. The monoisotopic (exact) mass is 360 g/mol. The predicted molar refractivity (Wildman–Crippen MR) is 116 cm³/mol. The standard InChI is InChI=1S/C26H20N2/c1-3-11-19(12-4-1)24-23-17-9-10-18-27(23)26-25(24)21-15-7-8-16-22(21)28(26)20-13-5-2-6-14-20/h1-18,21-22H. The van der Waals surface area contributed by atoms with E-state index in [1.807, 2.05) is 0 Å². The second-order valence-electron chi connectivity index (χ2n) is 7.43. The normalized spacial score (nSPS) is 19.8. The van der Waals surface area contributed by atoms with Crippen molar-refractivity contribution in [1.82, 2.24) is 4.40 Å². The molecule has 6 rings (SSSR count). The Labute approximate surface area is 164 Å². The zero-order valence-corrected chi connectivity index (χ0v) is 15.4. The van der Waals surface area contributed by atoms with Crippen LogP contribution < -0.4 is 4.90 Å². The van der Waals surface area contributed by atoms with Crippen LogP contribution >= 0.6 is 0 Å². The number of fused-ring (bicyclic) bond motifs is 5. The summed E-state index contributed by atoms with van der Waals surface area (Å²) in [6.07, 6.45) is 11.3.